The van der Waals surface area contributed by atoms with E-state index in [0.29, 0.717) is 13.1 Å². The minimum atomic E-state index is -0.0245. The van der Waals surface area contributed by atoms with Gasteiger partial charge < -0.3 is 10.6 Å². The van der Waals surface area contributed by atoms with Crippen molar-refractivity contribution in [2.45, 2.75) is 32.9 Å². The molecule has 0 aliphatic heterocycles. The van der Waals surface area contributed by atoms with Crippen LogP contribution in [0.3, 0.4) is 0 Å². The van der Waals surface area contributed by atoms with Gasteiger partial charge in [-0.25, -0.2) is 0 Å². The number of carbonyl (C=O) groups excluding carboxylic acids is 1. The van der Waals surface area contributed by atoms with Crippen LogP contribution in [0.4, 0.5) is 0 Å². The Hall–Kier alpha value is -0.390. The standard InChI is InChI=1S/C11H17BrN2OS/c1-11(2,3)14-6-10(15)13-5-9-4-8(12)7-16-9/h4,7,14H,5-6H2,1-3H3,(H,13,15). The summed E-state index contributed by atoms with van der Waals surface area (Å²) in [6, 6.07) is 2.02. The molecule has 0 fully saturated rings. The van der Waals surface area contributed by atoms with Crippen molar-refractivity contribution < 1.29 is 4.79 Å². The van der Waals surface area contributed by atoms with Crippen LogP contribution in [0.15, 0.2) is 15.9 Å². The minimum absolute atomic E-state index is 0.0245. The topological polar surface area (TPSA) is 41.1 Å². The first-order valence-electron chi connectivity index (χ1n) is 5.11. The quantitative estimate of drug-likeness (QED) is 0.897. The average Bonchev–Trinajstić information content (AvgIpc) is 2.57. The first kappa shape index (κ1) is 13.7. The summed E-state index contributed by atoms with van der Waals surface area (Å²) in [5.41, 5.74) is -0.0245. The highest BCUT2D eigenvalue weighted by atomic mass is 79.9. The Labute approximate surface area is 109 Å². The van der Waals surface area contributed by atoms with Gasteiger partial charge in [0.15, 0.2) is 0 Å². The smallest absolute Gasteiger partial charge is 0.234 e. The number of halogens is 1. The molecule has 0 atom stereocenters. The highest BCUT2D eigenvalue weighted by molar-refractivity contribution is 9.10. The molecule has 1 aromatic rings. The molecule has 0 saturated heterocycles. The lowest BCUT2D eigenvalue weighted by molar-refractivity contribution is -0.120. The number of hydrogen-bond acceptors (Lipinski definition) is 3. The molecule has 0 aliphatic carbocycles. The number of amides is 1. The van der Waals surface area contributed by atoms with Gasteiger partial charge in [-0.05, 0) is 42.8 Å². The third-order valence-corrected chi connectivity index (χ3v) is 3.56. The molecular formula is C11H17BrN2OS. The molecule has 0 spiro atoms. The second-order valence-electron chi connectivity index (χ2n) is 4.61. The molecular weight excluding hydrogens is 288 g/mol. The van der Waals surface area contributed by atoms with E-state index in [1.807, 2.05) is 32.2 Å². The van der Waals surface area contributed by atoms with Gasteiger partial charge in [0.25, 0.3) is 0 Å². The molecule has 0 saturated carbocycles. The first-order chi connectivity index (χ1) is 7.37. The fourth-order valence-electron chi connectivity index (χ4n) is 1.04. The molecule has 0 aromatic carbocycles. The first-order valence-corrected chi connectivity index (χ1v) is 6.79. The Morgan fingerprint density at radius 3 is 2.69 bits per heavy atom. The molecule has 1 rings (SSSR count). The molecule has 1 heterocycles. The fraction of sp³-hybridized carbons (Fsp3) is 0.545. The van der Waals surface area contributed by atoms with Crippen LogP contribution >= 0.6 is 27.3 Å². The zero-order valence-corrected chi connectivity index (χ0v) is 12.2. The molecule has 1 amide bonds. The zero-order valence-electron chi connectivity index (χ0n) is 9.76. The van der Waals surface area contributed by atoms with Crippen molar-refractivity contribution in [3.63, 3.8) is 0 Å². The predicted molar refractivity (Wildman–Crippen MR) is 71.6 cm³/mol. The lowest BCUT2D eigenvalue weighted by Crippen LogP contribution is -2.43. The SMILES string of the molecule is CC(C)(C)NCC(=O)NCc1cc(Br)cs1. The summed E-state index contributed by atoms with van der Waals surface area (Å²) in [7, 11) is 0. The van der Waals surface area contributed by atoms with Crippen LogP contribution in [0.2, 0.25) is 0 Å². The largest absolute Gasteiger partial charge is 0.350 e. The van der Waals surface area contributed by atoms with Crippen molar-refractivity contribution >= 4 is 33.2 Å². The highest BCUT2D eigenvalue weighted by Gasteiger charge is 2.11. The molecule has 1 aromatic heterocycles. The maximum absolute atomic E-state index is 11.5. The van der Waals surface area contributed by atoms with Crippen LogP contribution < -0.4 is 10.6 Å². The van der Waals surface area contributed by atoms with Crippen LogP contribution in [0, 0.1) is 0 Å². The average molecular weight is 305 g/mol. The Morgan fingerprint density at radius 1 is 1.50 bits per heavy atom. The van der Waals surface area contributed by atoms with Crippen LogP contribution in [-0.2, 0) is 11.3 Å². The predicted octanol–water partition coefficient (Wildman–Crippen LogP) is 2.51. The Bertz CT molecular complexity index is 357. The lowest BCUT2D eigenvalue weighted by Gasteiger charge is -2.19. The van der Waals surface area contributed by atoms with Crippen LogP contribution in [0.5, 0.6) is 0 Å². The van der Waals surface area contributed by atoms with Gasteiger partial charge in [0.05, 0.1) is 13.1 Å². The van der Waals surface area contributed by atoms with E-state index in [1.165, 1.54) is 0 Å². The molecule has 0 aliphatic rings. The highest BCUT2D eigenvalue weighted by Crippen LogP contribution is 2.19. The summed E-state index contributed by atoms with van der Waals surface area (Å²) in [5.74, 6) is 0.0273. The van der Waals surface area contributed by atoms with Gasteiger partial charge in [-0.3, -0.25) is 4.79 Å². The number of nitrogens with one attached hydrogen (secondary N) is 2. The van der Waals surface area contributed by atoms with Crippen molar-refractivity contribution in [2.24, 2.45) is 0 Å². The second-order valence-corrected chi connectivity index (χ2v) is 6.52. The number of rotatable bonds is 4. The zero-order chi connectivity index (χ0) is 12.2. The molecule has 90 valence electrons. The van der Waals surface area contributed by atoms with E-state index in [9.17, 15) is 4.79 Å². The fourth-order valence-corrected chi connectivity index (χ4v) is 2.43. The van der Waals surface area contributed by atoms with E-state index < -0.39 is 0 Å². The van der Waals surface area contributed by atoms with Crippen LogP contribution in [-0.4, -0.2) is 18.0 Å². The van der Waals surface area contributed by atoms with Crippen molar-refractivity contribution in [3.8, 4) is 0 Å². The summed E-state index contributed by atoms with van der Waals surface area (Å²) in [5, 5.41) is 8.03. The lowest BCUT2D eigenvalue weighted by atomic mass is 10.1. The summed E-state index contributed by atoms with van der Waals surface area (Å²) >= 11 is 5.01. The Balaban J connectivity index is 2.25. The maximum Gasteiger partial charge on any atom is 0.234 e. The second kappa shape index (κ2) is 5.80. The van der Waals surface area contributed by atoms with E-state index >= 15 is 0 Å². The third-order valence-electron chi connectivity index (χ3n) is 1.86. The van der Waals surface area contributed by atoms with Gasteiger partial charge in [-0.2, -0.15) is 0 Å². The van der Waals surface area contributed by atoms with Gasteiger partial charge >= 0.3 is 0 Å². The molecule has 16 heavy (non-hydrogen) atoms. The molecule has 3 nitrogen and oxygen atoms in total. The monoisotopic (exact) mass is 304 g/mol. The van der Waals surface area contributed by atoms with Gasteiger partial charge in [-0.1, -0.05) is 0 Å². The van der Waals surface area contributed by atoms with Crippen molar-refractivity contribution in [2.75, 3.05) is 6.54 Å². The summed E-state index contributed by atoms with van der Waals surface area (Å²) in [6.45, 7) is 7.07. The van der Waals surface area contributed by atoms with Gasteiger partial charge in [0.1, 0.15) is 0 Å². The van der Waals surface area contributed by atoms with E-state index in [-0.39, 0.29) is 11.4 Å². The molecule has 0 unspecified atom stereocenters. The van der Waals surface area contributed by atoms with Crippen molar-refractivity contribution in [1.29, 1.82) is 0 Å². The normalized spacial score (nSPS) is 11.5. The van der Waals surface area contributed by atoms with Crippen molar-refractivity contribution in [3.05, 3.63) is 20.8 Å². The van der Waals surface area contributed by atoms with E-state index in [1.54, 1.807) is 11.3 Å². The van der Waals surface area contributed by atoms with Crippen LogP contribution in [0.25, 0.3) is 0 Å². The third kappa shape index (κ3) is 5.63. The van der Waals surface area contributed by atoms with Gasteiger partial charge in [0, 0.05) is 20.3 Å². The molecule has 0 radical (unpaired) electrons. The molecule has 0 bridgehead atoms. The summed E-state index contributed by atoms with van der Waals surface area (Å²) < 4.78 is 1.06. The number of hydrogen-bond donors (Lipinski definition) is 2. The van der Waals surface area contributed by atoms with Crippen LogP contribution in [0.1, 0.15) is 25.6 Å². The minimum Gasteiger partial charge on any atom is -0.350 e. The molecule has 2 N–H and O–H groups in total. The van der Waals surface area contributed by atoms with Gasteiger partial charge in [0.2, 0.25) is 5.91 Å². The molecule has 5 heteroatoms. The summed E-state index contributed by atoms with van der Waals surface area (Å²) in [4.78, 5) is 12.6. The number of carbonyl (C=O) groups is 1. The van der Waals surface area contributed by atoms with E-state index in [0.717, 1.165) is 9.35 Å². The Kier molecular flexibility index (Phi) is 4.95. The van der Waals surface area contributed by atoms with Gasteiger partial charge in [-0.15, -0.1) is 11.3 Å². The van der Waals surface area contributed by atoms with E-state index in [2.05, 4.69) is 26.6 Å². The maximum atomic E-state index is 11.5. The summed E-state index contributed by atoms with van der Waals surface area (Å²) in [6.07, 6.45) is 0. The number of thiophene rings is 1. The van der Waals surface area contributed by atoms with E-state index in [4.69, 9.17) is 0 Å². The van der Waals surface area contributed by atoms with Crippen molar-refractivity contribution in [1.82, 2.24) is 10.6 Å². The Morgan fingerprint density at radius 2 is 2.19 bits per heavy atom.